The summed E-state index contributed by atoms with van der Waals surface area (Å²) in [6.45, 7) is 6.21. The summed E-state index contributed by atoms with van der Waals surface area (Å²) in [6.07, 6.45) is 0.649. The van der Waals surface area contributed by atoms with E-state index in [-0.39, 0.29) is 16.9 Å². The van der Waals surface area contributed by atoms with Crippen LogP contribution in [0.3, 0.4) is 0 Å². The van der Waals surface area contributed by atoms with Gasteiger partial charge in [-0.15, -0.1) is 0 Å². The van der Waals surface area contributed by atoms with Crippen molar-refractivity contribution in [2.45, 2.75) is 32.1 Å². The maximum absolute atomic E-state index is 13.0. The maximum atomic E-state index is 13.0. The fourth-order valence-electron chi connectivity index (χ4n) is 1.29. The molecule has 0 saturated heterocycles. The number of nitrogens with one attached hydrogen (secondary N) is 1. The second-order valence-electron chi connectivity index (χ2n) is 5.28. The monoisotopic (exact) mass is 277 g/mol. The molecular formula is C12H17F2NO2S. The molecule has 1 aromatic carbocycles. The fraction of sp³-hybridized carbons (Fsp3) is 0.500. The van der Waals surface area contributed by atoms with Gasteiger partial charge < -0.3 is 0 Å². The fourth-order valence-corrected chi connectivity index (χ4v) is 2.33. The van der Waals surface area contributed by atoms with Crippen LogP contribution in [0.2, 0.25) is 0 Å². The highest BCUT2D eigenvalue weighted by atomic mass is 32.2. The lowest BCUT2D eigenvalue weighted by molar-refractivity contribution is 0.378. The highest BCUT2D eigenvalue weighted by Gasteiger charge is 2.17. The van der Waals surface area contributed by atoms with E-state index in [2.05, 4.69) is 4.72 Å². The average Bonchev–Trinajstić information content (AvgIpc) is 2.19. The third-order valence-electron chi connectivity index (χ3n) is 2.37. The topological polar surface area (TPSA) is 46.2 Å². The van der Waals surface area contributed by atoms with E-state index in [1.165, 1.54) is 0 Å². The third kappa shape index (κ3) is 4.34. The van der Waals surface area contributed by atoms with Crippen LogP contribution in [-0.2, 0) is 10.0 Å². The summed E-state index contributed by atoms with van der Waals surface area (Å²) in [4.78, 5) is -0.268. The van der Waals surface area contributed by atoms with E-state index < -0.39 is 21.7 Å². The molecule has 1 N–H and O–H groups in total. The van der Waals surface area contributed by atoms with E-state index in [0.29, 0.717) is 12.5 Å². The molecule has 6 heteroatoms. The quantitative estimate of drug-likeness (QED) is 0.919. The molecule has 1 aromatic rings. The predicted octanol–water partition coefficient (Wildman–Crippen LogP) is 2.68. The van der Waals surface area contributed by atoms with Crippen molar-refractivity contribution in [2.75, 3.05) is 6.54 Å². The van der Waals surface area contributed by atoms with Gasteiger partial charge in [0.15, 0.2) is 11.6 Å². The second-order valence-corrected chi connectivity index (χ2v) is 7.05. The van der Waals surface area contributed by atoms with Crippen molar-refractivity contribution in [1.29, 1.82) is 0 Å². The first-order valence-electron chi connectivity index (χ1n) is 5.56. The SMILES string of the molecule is CC(C)(C)CCNS(=O)(=O)c1ccc(F)c(F)c1. The first-order chi connectivity index (χ1) is 8.12. The summed E-state index contributed by atoms with van der Waals surface area (Å²) in [5.74, 6) is -2.24. The molecule has 0 unspecified atom stereocenters. The Hall–Kier alpha value is -1.01. The Kier molecular flexibility index (Phi) is 4.45. The Bertz CT molecular complexity index is 521. The van der Waals surface area contributed by atoms with Gasteiger partial charge in [-0.25, -0.2) is 21.9 Å². The summed E-state index contributed by atoms with van der Waals surface area (Å²) in [5.41, 5.74) is -0.00341. The first-order valence-corrected chi connectivity index (χ1v) is 7.05. The smallest absolute Gasteiger partial charge is 0.211 e. The zero-order valence-electron chi connectivity index (χ0n) is 10.6. The van der Waals surface area contributed by atoms with Crippen LogP contribution in [0.15, 0.2) is 23.1 Å². The van der Waals surface area contributed by atoms with Crippen molar-refractivity contribution in [3.8, 4) is 0 Å². The van der Waals surface area contributed by atoms with Gasteiger partial charge in [-0.3, -0.25) is 0 Å². The van der Waals surface area contributed by atoms with Crippen LogP contribution < -0.4 is 4.72 Å². The predicted molar refractivity (Wildman–Crippen MR) is 65.6 cm³/mol. The van der Waals surface area contributed by atoms with Crippen LogP contribution in [0, 0.1) is 17.0 Å². The van der Waals surface area contributed by atoms with Gasteiger partial charge >= 0.3 is 0 Å². The molecule has 0 saturated carbocycles. The summed E-state index contributed by atoms with van der Waals surface area (Å²) in [7, 11) is -3.78. The van der Waals surface area contributed by atoms with Crippen molar-refractivity contribution in [2.24, 2.45) is 5.41 Å². The summed E-state index contributed by atoms with van der Waals surface area (Å²) in [5, 5.41) is 0. The average molecular weight is 277 g/mol. The van der Waals surface area contributed by atoms with E-state index in [4.69, 9.17) is 0 Å². The minimum Gasteiger partial charge on any atom is -0.211 e. The van der Waals surface area contributed by atoms with Gasteiger partial charge in [0, 0.05) is 6.54 Å². The highest BCUT2D eigenvalue weighted by molar-refractivity contribution is 7.89. The van der Waals surface area contributed by atoms with Crippen molar-refractivity contribution in [3.05, 3.63) is 29.8 Å². The Morgan fingerprint density at radius 3 is 2.28 bits per heavy atom. The Labute approximate surface area is 106 Å². The molecule has 0 aliphatic rings. The van der Waals surface area contributed by atoms with Crippen LogP contribution in [0.4, 0.5) is 8.78 Å². The Morgan fingerprint density at radius 1 is 1.17 bits per heavy atom. The molecule has 0 amide bonds. The molecule has 0 heterocycles. The maximum Gasteiger partial charge on any atom is 0.240 e. The molecule has 0 fully saturated rings. The van der Waals surface area contributed by atoms with E-state index in [1.54, 1.807) is 0 Å². The van der Waals surface area contributed by atoms with Crippen molar-refractivity contribution < 1.29 is 17.2 Å². The molecule has 0 aromatic heterocycles. The number of benzene rings is 1. The normalized spacial score (nSPS) is 12.7. The number of rotatable bonds is 4. The van der Waals surface area contributed by atoms with E-state index in [0.717, 1.165) is 12.1 Å². The third-order valence-corrected chi connectivity index (χ3v) is 3.83. The van der Waals surface area contributed by atoms with E-state index in [1.807, 2.05) is 20.8 Å². The largest absolute Gasteiger partial charge is 0.240 e. The van der Waals surface area contributed by atoms with Gasteiger partial charge in [0.2, 0.25) is 10.0 Å². The van der Waals surface area contributed by atoms with Crippen molar-refractivity contribution in [3.63, 3.8) is 0 Å². The van der Waals surface area contributed by atoms with E-state index >= 15 is 0 Å². The second kappa shape index (κ2) is 5.32. The zero-order valence-corrected chi connectivity index (χ0v) is 11.4. The molecule has 0 aliphatic carbocycles. The lowest BCUT2D eigenvalue weighted by atomic mass is 9.93. The number of halogens is 2. The minimum atomic E-state index is -3.78. The molecule has 3 nitrogen and oxygen atoms in total. The summed E-state index contributed by atoms with van der Waals surface area (Å²) >= 11 is 0. The van der Waals surface area contributed by atoms with Crippen LogP contribution >= 0.6 is 0 Å². The van der Waals surface area contributed by atoms with Crippen LogP contribution in [0.25, 0.3) is 0 Å². The lowest BCUT2D eigenvalue weighted by Crippen LogP contribution is -2.27. The van der Waals surface area contributed by atoms with Gasteiger partial charge in [-0.1, -0.05) is 20.8 Å². The molecule has 0 bridgehead atoms. The van der Waals surface area contributed by atoms with Crippen LogP contribution in [0.1, 0.15) is 27.2 Å². The van der Waals surface area contributed by atoms with Crippen molar-refractivity contribution >= 4 is 10.0 Å². The molecule has 0 spiro atoms. The molecule has 1 rings (SSSR count). The summed E-state index contributed by atoms with van der Waals surface area (Å²) in [6, 6.07) is 2.51. The van der Waals surface area contributed by atoms with Crippen LogP contribution in [-0.4, -0.2) is 15.0 Å². The van der Waals surface area contributed by atoms with Gasteiger partial charge in [-0.05, 0) is 30.0 Å². The van der Waals surface area contributed by atoms with Gasteiger partial charge in [-0.2, -0.15) is 0 Å². The molecule has 102 valence electrons. The van der Waals surface area contributed by atoms with Crippen molar-refractivity contribution in [1.82, 2.24) is 4.72 Å². The highest BCUT2D eigenvalue weighted by Crippen LogP contribution is 2.18. The zero-order chi connectivity index (χ0) is 14.0. The minimum absolute atomic E-state index is 0.00341. The van der Waals surface area contributed by atoms with Gasteiger partial charge in [0.1, 0.15) is 0 Å². The Morgan fingerprint density at radius 2 is 1.78 bits per heavy atom. The molecule has 0 aliphatic heterocycles. The molecule has 18 heavy (non-hydrogen) atoms. The lowest BCUT2D eigenvalue weighted by Gasteiger charge is -2.18. The number of hydrogen-bond acceptors (Lipinski definition) is 2. The molecular weight excluding hydrogens is 260 g/mol. The number of sulfonamides is 1. The Balaban J connectivity index is 2.77. The van der Waals surface area contributed by atoms with Gasteiger partial charge in [0.05, 0.1) is 4.90 Å². The standard InChI is InChI=1S/C12H17F2NO2S/c1-12(2,3)6-7-15-18(16,17)9-4-5-10(13)11(14)8-9/h4-5,8,15H,6-7H2,1-3H3. The van der Waals surface area contributed by atoms with Gasteiger partial charge in [0.25, 0.3) is 0 Å². The number of hydrogen-bond donors (Lipinski definition) is 1. The first kappa shape index (κ1) is 15.0. The molecule has 0 radical (unpaired) electrons. The van der Waals surface area contributed by atoms with E-state index in [9.17, 15) is 17.2 Å². The van der Waals surface area contributed by atoms with Crippen LogP contribution in [0.5, 0.6) is 0 Å². The summed E-state index contributed by atoms with van der Waals surface area (Å²) < 4.78 is 51.6. The molecule has 0 atom stereocenters.